The van der Waals surface area contributed by atoms with Gasteiger partial charge in [0.05, 0.1) is 31.0 Å². The van der Waals surface area contributed by atoms with Gasteiger partial charge in [-0.1, -0.05) is 0 Å². The Balaban J connectivity index is 2.66. The molecule has 0 fully saturated rings. The van der Waals surface area contributed by atoms with Crippen LogP contribution in [0.2, 0.25) is 0 Å². The summed E-state index contributed by atoms with van der Waals surface area (Å²) in [4.78, 5) is 11.3. The first-order valence-electron chi connectivity index (χ1n) is 7.27. The van der Waals surface area contributed by atoms with Crippen LogP contribution in [0.4, 0.5) is 5.69 Å². The van der Waals surface area contributed by atoms with Crippen LogP contribution in [0.15, 0.2) is 29.4 Å². The van der Waals surface area contributed by atoms with Crippen LogP contribution in [0.1, 0.15) is 17.3 Å². The highest BCUT2D eigenvalue weighted by atomic mass is 32.2. The van der Waals surface area contributed by atoms with E-state index in [2.05, 4.69) is 5.10 Å². The highest BCUT2D eigenvalue weighted by molar-refractivity contribution is 7.92. The second-order valence-electron chi connectivity index (χ2n) is 5.05. The summed E-state index contributed by atoms with van der Waals surface area (Å²) in [6, 6.07) is 2.29. The fourth-order valence-corrected chi connectivity index (χ4v) is 3.89. The molecule has 1 N–H and O–H groups in total. The van der Waals surface area contributed by atoms with Crippen molar-refractivity contribution in [2.75, 3.05) is 25.1 Å². The average molecular weight is 369 g/mol. The molecule has 0 amide bonds. The van der Waals surface area contributed by atoms with Crippen LogP contribution < -0.4 is 13.8 Å². The summed E-state index contributed by atoms with van der Waals surface area (Å²) in [5.41, 5.74) is 0.0688. The number of rotatable bonds is 7. The van der Waals surface area contributed by atoms with Crippen molar-refractivity contribution in [2.45, 2.75) is 11.8 Å². The first-order valence-corrected chi connectivity index (χ1v) is 8.71. The summed E-state index contributed by atoms with van der Waals surface area (Å²) < 4.78 is 38.8. The number of hydrogen-bond donors (Lipinski definition) is 1. The number of aromatic nitrogens is 2. The Morgan fingerprint density at radius 1 is 1.32 bits per heavy atom. The van der Waals surface area contributed by atoms with Gasteiger partial charge in [0.15, 0.2) is 11.5 Å². The SMILES string of the molecule is CCN(c1cnn(C)c1)S(=O)(=O)c1cc(OC)c(OC)c(C(=O)O)c1. The molecule has 25 heavy (non-hydrogen) atoms. The van der Waals surface area contributed by atoms with Crippen molar-refractivity contribution in [3.8, 4) is 11.5 Å². The number of aromatic carboxylic acids is 1. The zero-order valence-electron chi connectivity index (χ0n) is 14.3. The highest BCUT2D eigenvalue weighted by Gasteiger charge is 2.29. The quantitative estimate of drug-likeness (QED) is 0.784. The minimum atomic E-state index is -4.02. The van der Waals surface area contributed by atoms with Crippen molar-refractivity contribution < 1.29 is 27.8 Å². The zero-order chi connectivity index (χ0) is 18.8. The molecule has 0 aliphatic heterocycles. The van der Waals surface area contributed by atoms with Gasteiger partial charge in [-0.3, -0.25) is 8.99 Å². The lowest BCUT2D eigenvalue weighted by Gasteiger charge is -2.22. The monoisotopic (exact) mass is 369 g/mol. The summed E-state index contributed by atoms with van der Waals surface area (Å²) >= 11 is 0. The third kappa shape index (κ3) is 3.38. The number of carboxylic acids is 1. The van der Waals surface area contributed by atoms with E-state index in [1.54, 1.807) is 20.2 Å². The predicted octanol–water partition coefficient (Wildman–Crippen LogP) is 1.35. The van der Waals surface area contributed by atoms with Gasteiger partial charge in [-0.05, 0) is 13.0 Å². The van der Waals surface area contributed by atoms with Gasteiger partial charge in [0.1, 0.15) is 5.56 Å². The van der Waals surface area contributed by atoms with Gasteiger partial charge in [-0.15, -0.1) is 0 Å². The van der Waals surface area contributed by atoms with E-state index in [1.165, 1.54) is 31.2 Å². The maximum atomic E-state index is 13.0. The molecule has 0 saturated carbocycles. The molecule has 0 radical (unpaired) electrons. The summed E-state index contributed by atoms with van der Waals surface area (Å²) in [6.45, 7) is 1.81. The van der Waals surface area contributed by atoms with E-state index in [4.69, 9.17) is 9.47 Å². The predicted molar refractivity (Wildman–Crippen MR) is 89.9 cm³/mol. The molecule has 136 valence electrons. The summed E-state index contributed by atoms with van der Waals surface area (Å²) in [5, 5.41) is 13.3. The van der Waals surface area contributed by atoms with Crippen molar-refractivity contribution in [3.05, 3.63) is 30.1 Å². The molecule has 1 heterocycles. The molecule has 0 aliphatic rings. The average Bonchev–Trinajstić information content (AvgIpc) is 2.99. The Kier molecular flexibility index (Phi) is 5.21. The van der Waals surface area contributed by atoms with Gasteiger partial charge in [0, 0.05) is 25.9 Å². The van der Waals surface area contributed by atoms with E-state index in [-0.39, 0.29) is 28.5 Å². The Morgan fingerprint density at radius 3 is 2.44 bits per heavy atom. The lowest BCUT2D eigenvalue weighted by molar-refractivity contribution is 0.0692. The fourth-order valence-electron chi connectivity index (χ4n) is 2.40. The number of aryl methyl sites for hydroxylation is 1. The number of nitrogens with zero attached hydrogens (tertiary/aromatic N) is 3. The molecule has 9 nitrogen and oxygen atoms in total. The Labute approximate surface area is 145 Å². The molecule has 0 atom stereocenters. The molecule has 1 aromatic carbocycles. The molecular formula is C15H19N3O6S. The number of benzene rings is 1. The van der Waals surface area contributed by atoms with Gasteiger partial charge in [0.25, 0.3) is 10.0 Å². The number of anilines is 1. The summed E-state index contributed by atoms with van der Waals surface area (Å²) in [7, 11) is 0.235. The standard InChI is InChI=1S/C15H19N3O6S/c1-5-18(10-8-16-17(2)9-10)25(21,22)11-6-12(15(19)20)14(24-4)13(7-11)23-3/h6-9H,5H2,1-4H3,(H,19,20). The van der Waals surface area contributed by atoms with Crippen LogP contribution in [-0.4, -0.2) is 50.0 Å². The molecule has 0 saturated heterocycles. The number of carboxylic acid groups (broad SMARTS) is 1. The molecular weight excluding hydrogens is 350 g/mol. The topological polar surface area (TPSA) is 111 Å². The van der Waals surface area contributed by atoms with Gasteiger partial charge >= 0.3 is 5.97 Å². The molecule has 2 rings (SSSR count). The van der Waals surface area contributed by atoms with Crippen LogP contribution in [0.25, 0.3) is 0 Å². The van der Waals surface area contributed by atoms with E-state index >= 15 is 0 Å². The summed E-state index contributed by atoms with van der Waals surface area (Å²) in [6.07, 6.45) is 2.97. The van der Waals surface area contributed by atoms with Gasteiger partial charge in [-0.2, -0.15) is 5.10 Å². The van der Waals surface area contributed by atoms with E-state index in [9.17, 15) is 18.3 Å². The Morgan fingerprint density at radius 2 is 2.00 bits per heavy atom. The van der Waals surface area contributed by atoms with Crippen molar-refractivity contribution in [1.29, 1.82) is 0 Å². The van der Waals surface area contributed by atoms with Crippen molar-refractivity contribution in [1.82, 2.24) is 9.78 Å². The molecule has 0 bridgehead atoms. The van der Waals surface area contributed by atoms with Gasteiger partial charge in [-0.25, -0.2) is 13.2 Å². The number of ether oxygens (including phenoxy) is 2. The first-order chi connectivity index (χ1) is 11.8. The lowest BCUT2D eigenvalue weighted by atomic mass is 10.2. The minimum Gasteiger partial charge on any atom is -0.493 e. The summed E-state index contributed by atoms with van der Waals surface area (Å²) in [5.74, 6) is -1.35. The fraction of sp³-hybridized carbons (Fsp3) is 0.333. The first kappa shape index (κ1) is 18.6. The van der Waals surface area contributed by atoms with Crippen LogP contribution >= 0.6 is 0 Å². The number of methoxy groups -OCH3 is 2. The third-order valence-electron chi connectivity index (χ3n) is 3.54. The second-order valence-corrected chi connectivity index (χ2v) is 6.92. The van der Waals surface area contributed by atoms with Crippen molar-refractivity contribution in [3.63, 3.8) is 0 Å². The van der Waals surface area contributed by atoms with E-state index in [0.717, 1.165) is 10.4 Å². The minimum absolute atomic E-state index is 0.0169. The number of sulfonamides is 1. The molecule has 0 unspecified atom stereocenters. The van der Waals surface area contributed by atoms with Crippen LogP contribution in [0.5, 0.6) is 11.5 Å². The molecule has 0 aliphatic carbocycles. The largest absolute Gasteiger partial charge is 0.493 e. The van der Waals surface area contributed by atoms with E-state index < -0.39 is 16.0 Å². The third-order valence-corrected chi connectivity index (χ3v) is 5.42. The molecule has 2 aromatic rings. The van der Waals surface area contributed by atoms with Crippen LogP contribution in [0, 0.1) is 0 Å². The number of hydrogen-bond acceptors (Lipinski definition) is 6. The second kappa shape index (κ2) is 7.01. The Hall–Kier alpha value is -2.75. The maximum Gasteiger partial charge on any atom is 0.339 e. The van der Waals surface area contributed by atoms with Gasteiger partial charge in [0.2, 0.25) is 0 Å². The van der Waals surface area contributed by atoms with Crippen molar-refractivity contribution in [2.24, 2.45) is 7.05 Å². The lowest BCUT2D eigenvalue weighted by Crippen LogP contribution is -2.30. The normalized spacial score (nSPS) is 11.2. The van der Waals surface area contributed by atoms with E-state index in [1.807, 2.05) is 0 Å². The van der Waals surface area contributed by atoms with Crippen LogP contribution in [-0.2, 0) is 17.1 Å². The van der Waals surface area contributed by atoms with E-state index in [0.29, 0.717) is 5.69 Å². The van der Waals surface area contributed by atoms with Gasteiger partial charge < -0.3 is 14.6 Å². The molecule has 0 spiro atoms. The smallest absolute Gasteiger partial charge is 0.339 e. The zero-order valence-corrected chi connectivity index (χ0v) is 15.1. The maximum absolute atomic E-state index is 13.0. The number of carbonyl (C=O) groups is 1. The van der Waals surface area contributed by atoms with Crippen molar-refractivity contribution >= 4 is 21.7 Å². The Bertz CT molecular complexity index is 891. The molecule has 1 aromatic heterocycles. The molecule has 10 heteroatoms. The van der Waals surface area contributed by atoms with Crippen LogP contribution in [0.3, 0.4) is 0 Å². The highest BCUT2D eigenvalue weighted by Crippen LogP contribution is 2.35.